The van der Waals surface area contributed by atoms with Crippen molar-refractivity contribution in [1.82, 2.24) is 15.0 Å². The number of ether oxygens (including phenoxy) is 2. The summed E-state index contributed by atoms with van der Waals surface area (Å²) in [4.78, 5) is 90.1. The van der Waals surface area contributed by atoms with Crippen molar-refractivity contribution >= 4 is 40.6 Å². The number of benzene rings is 4. The number of carbonyl (C=O) groups excluding carboxylic acids is 6. The van der Waals surface area contributed by atoms with Crippen molar-refractivity contribution in [2.45, 2.75) is 89.2 Å². The maximum atomic E-state index is 14.6. The number of hydrogen-bond donors (Lipinski definition) is 8. The van der Waals surface area contributed by atoms with E-state index >= 15 is 0 Å². The van der Waals surface area contributed by atoms with Crippen LogP contribution in [0.25, 0.3) is 5.76 Å². The zero-order chi connectivity index (χ0) is 57.0. The van der Waals surface area contributed by atoms with Crippen LogP contribution in [0.3, 0.4) is 0 Å². The number of phenols is 1. The van der Waals surface area contributed by atoms with E-state index in [1.54, 1.807) is 37.2 Å². The second-order valence-corrected chi connectivity index (χ2v) is 21.4. The maximum Gasteiger partial charge on any atom is 0.265 e. The normalized spacial score (nSPS) is 28.0. The standard InChI is InChI=1S/C36H32N2O9.C22H24N2O8.2CH4/c1-35(47-43)22-15-10-16-25(44-18-20-11-6-4-7-12-20)26(22)30(39)27-23(35)17-24-29(38(2)3)31-28(33(41)36(24,42)32(27)40)34(37-46-31)45-19-21-13-8-5-9-14-21;1-21(31)8-5-4-6-11(25)12(8)16(26)13-9(21)7-10-15(24(2)3)17(27)14(20(23)30)19(29)22(10,32)18(13)28;;/h4-16,24,29,42-43H,17-19H2,1-3H3;4-6,9-10,15,25-26,29,31-32H,7H2,1-3H3,(H2,23,30);2*1H4/t24-,29-,35+,36-;9-,10-,15-,21+,22-;;/m00../s1. The highest BCUT2D eigenvalue weighted by molar-refractivity contribution is 6.37. The van der Waals surface area contributed by atoms with Gasteiger partial charge in [0.15, 0.2) is 22.7 Å². The molecule has 6 aliphatic rings. The molecule has 426 valence electrons. The third-order valence-electron chi connectivity index (χ3n) is 16.5. The van der Waals surface area contributed by atoms with Gasteiger partial charge in [0.05, 0.1) is 34.4 Å². The number of amides is 1. The van der Waals surface area contributed by atoms with E-state index in [-0.39, 0.29) is 91.7 Å². The van der Waals surface area contributed by atoms with Crippen molar-refractivity contribution in [3.63, 3.8) is 0 Å². The summed E-state index contributed by atoms with van der Waals surface area (Å²) >= 11 is 0. The van der Waals surface area contributed by atoms with Crippen molar-refractivity contribution < 1.29 is 83.5 Å². The summed E-state index contributed by atoms with van der Waals surface area (Å²) in [5.41, 5.74) is -3.43. The van der Waals surface area contributed by atoms with Gasteiger partial charge >= 0.3 is 0 Å². The van der Waals surface area contributed by atoms with Crippen LogP contribution in [0.2, 0.25) is 0 Å². The van der Waals surface area contributed by atoms with Crippen LogP contribution < -0.4 is 15.2 Å². The molecule has 9 N–H and O–H groups in total. The molecule has 0 radical (unpaired) electrons. The molecule has 0 unspecified atom stereocenters. The summed E-state index contributed by atoms with van der Waals surface area (Å²) in [6, 6.07) is 25.6. The van der Waals surface area contributed by atoms with Crippen molar-refractivity contribution in [3.8, 4) is 17.4 Å². The maximum absolute atomic E-state index is 14.6. The molecule has 1 amide bonds. The van der Waals surface area contributed by atoms with Crippen LogP contribution in [0.4, 0.5) is 0 Å². The first-order valence-corrected chi connectivity index (χ1v) is 25.1. The Morgan fingerprint density at radius 1 is 0.704 bits per heavy atom. The van der Waals surface area contributed by atoms with Crippen LogP contribution in [0.1, 0.15) is 102 Å². The molecule has 11 rings (SSSR count). The van der Waals surface area contributed by atoms with Gasteiger partial charge in [0.1, 0.15) is 53.0 Å². The topological polar surface area (TPSA) is 330 Å². The number of aliphatic hydroxyl groups excluding tert-OH is 2. The third-order valence-corrected chi connectivity index (χ3v) is 16.5. The van der Waals surface area contributed by atoms with E-state index in [1.165, 1.54) is 51.0 Å². The van der Waals surface area contributed by atoms with E-state index in [1.807, 2.05) is 60.7 Å². The molecule has 0 spiro atoms. The van der Waals surface area contributed by atoms with E-state index in [0.29, 0.717) is 0 Å². The minimum Gasteiger partial charge on any atom is -0.508 e. The van der Waals surface area contributed by atoms with Gasteiger partial charge in [-0.2, -0.15) is 0 Å². The molecule has 0 bridgehead atoms. The fraction of sp³-hybridized carbons (Fsp3) is 0.350. The Kier molecular flexibility index (Phi) is 15.3. The average molecular weight is 1110 g/mol. The third kappa shape index (κ3) is 8.60. The van der Waals surface area contributed by atoms with Crippen molar-refractivity contribution in [1.29, 1.82) is 0 Å². The Morgan fingerprint density at radius 3 is 1.86 bits per heavy atom. The van der Waals surface area contributed by atoms with Gasteiger partial charge in [0.2, 0.25) is 23.1 Å². The minimum atomic E-state index is -2.75. The molecule has 21 heteroatoms. The number of carbonyl (C=O) groups is 6. The number of nitrogens with zero attached hydrogens (tertiary/aromatic N) is 3. The summed E-state index contributed by atoms with van der Waals surface area (Å²) in [6.07, 6.45) is -0.363. The molecule has 21 nitrogen and oxygen atoms in total. The van der Waals surface area contributed by atoms with Gasteiger partial charge in [-0.1, -0.05) is 99.8 Å². The van der Waals surface area contributed by atoms with Gasteiger partial charge in [-0.25, -0.2) is 4.89 Å². The fourth-order valence-corrected chi connectivity index (χ4v) is 12.7. The zero-order valence-electron chi connectivity index (χ0n) is 43.6. The van der Waals surface area contributed by atoms with E-state index in [9.17, 15) is 64.7 Å². The summed E-state index contributed by atoms with van der Waals surface area (Å²) in [5, 5.41) is 81.7. The Morgan fingerprint density at radius 2 is 1.28 bits per heavy atom. The lowest BCUT2D eigenvalue weighted by Gasteiger charge is -2.53. The first-order valence-electron chi connectivity index (χ1n) is 25.1. The quantitative estimate of drug-likeness (QED) is 0.0357. The predicted octanol–water partition coefficient (Wildman–Crippen LogP) is 5.75. The van der Waals surface area contributed by atoms with E-state index < -0.39 is 121 Å². The van der Waals surface area contributed by atoms with Gasteiger partial charge in [0.25, 0.3) is 11.8 Å². The lowest BCUT2D eigenvalue weighted by molar-refractivity contribution is -0.313. The number of aromatic hydroxyl groups is 1. The zero-order valence-corrected chi connectivity index (χ0v) is 43.6. The van der Waals surface area contributed by atoms with Gasteiger partial charge < -0.3 is 50.4 Å². The SMILES string of the molecule is C.C.CN(C)[C@@H]1C(=O)C(C(N)=O)=C(O)[C@@]2(O)C(=O)C3=C(O)c4c(O)cccc4[C@@](C)(O)[C@H]3C[C@@H]12.CN(C)[C@@H]1c2onc(OCc3ccccc3)c2C(=O)[C@@]2(O)C(=O)C3=C(C[C@@H]12)[C@](C)(OO)c1cccc(OCc2ccccc2)c1C3=O. The second-order valence-electron chi connectivity index (χ2n) is 21.4. The number of phenolic OH excluding ortho intramolecular Hbond substituents is 1. The molecule has 1 heterocycles. The number of aromatic nitrogens is 1. The molecule has 1 aromatic heterocycles. The number of hydrogen-bond acceptors (Lipinski definition) is 20. The Bertz CT molecular complexity index is 3530. The summed E-state index contributed by atoms with van der Waals surface area (Å²) < 4.78 is 17.6. The number of aliphatic hydroxyl groups is 5. The van der Waals surface area contributed by atoms with Crippen LogP contribution in [-0.4, -0.2) is 131 Å². The summed E-state index contributed by atoms with van der Waals surface area (Å²) in [7, 11) is 6.43. The first kappa shape index (κ1) is 59.0. The van der Waals surface area contributed by atoms with Crippen LogP contribution >= 0.6 is 0 Å². The van der Waals surface area contributed by atoms with Crippen LogP contribution in [0.15, 0.2) is 130 Å². The van der Waals surface area contributed by atoms with Gasteiger partial charge in [0, 0.05) is 28.9 Å². The Balaban J connectivity index is 0.000000222. The largest absolute Gasteiger partial charge is 0.508 e. The lowest BCUT2D eigenvalue weighted by atomic mass is 9.54. The summed E-state index contributed by atoms with van der Waals surface area (Å²) in [5.74, 6) is -11.7. The first-order chi connectivity index (χ1) is 37.4. The van der Waals surface area contributed by atoms with Gasteiger partial charge in [-0.3, -0.25) is 43.8 Å². The van der Waals surface area contributed by atoms with E-state index in [2.05, 4.69) is 5.16 Å². The molecule has 4 aromatic carbocycles. The molecule has 9 atom stereocenters. The minimum absolute atomic E-state index is 0. The number of ketones is 5. The molecular formula is C60H64N4O17. The van der Waals surface area contributed by atoms with E-state index in [4.69, 9.17) is 24.6 Å². The van der Waals surface area contributed by atoms with Crippen molar-refractivity contribution in [3.05, 3.63) is 170 Å². The lowest BCUT2D eigenvalue weighted by Crippen LogP contribution is -2.67. The molecule has 0 saturated heterocycles. The number of nitrogens with two attached hydrogens (primary N) is 1. The second kappa shape index (κ2) is 21.1. The monoisotopic (exact) mass is 1110 g/mol. The van der Waals surface area contributed by atoms with Gasteiger partial charge in [-0.05, 0) is 94.4 Å². The highest BCUT2D eigenvalue weighted by Gasteiger charge is 2.68. The molecule has 81 heavy (non-hydrogen) atoms. The molecule has 1 saturated carbocycles. The Labute approximate surface area is 465 Å². The number of primary amides is 1. The molecule has 5 aromatic rings. The van der Waals surface area contributed by atoms with Crippen molar-refractivity contribution in [2.24, 2.45) is 23.5 Å². The molecule has 1 fully saturated rings. The van der Waals surface area contributed by atoms with Gasteiger partial charge in [-0.15, -0.1) is 0 Å². The van der Waals surface area contributed by atoms with E-state index in [0.717, 1.165) is 11.1 Å². The molecular weight excluding hydrogens is 1050 g/mol. The average Bonchev–Trinajstić information content (AvgIpc) is 4.05. The smallest absolute Gasteiger partial charge is 0.265 e. The number of rotatable bonds is 10. The predicted molar refractivity (Wildman–Crippen MR) is 289 cm³/mol. The van der Waals surface area contributed by atoms with Crippen LogP contribution in [0.5, 0.6) is 17.4 Å². The number of Topliss-reactive ketones (excluding diaryl/α,β-unsaturated/α-hetero) is 5. The fourth-order valence-electron chi connectivity index (χ4n) is 12.7. The van der Waals surface area contributed by atoms with Crippen molar-refractivity contribution in [2.75, 3.05) is 28.2 Å². The highest BCUT2D eigenvalue weighted by atomic mass is 17.1. The summed E-state index contributed by atoms with van der Waals surface area (Å²) in [6.45, 7) is 3.12. The Hall–Kier alpha value is -8.15. The number of likely N-dealkylation sites (N-methyl/N-ethyl adjacent to an activating group) is 1. The highest BCUT2D eigenvalue weighted by Crippen LogP contribution is 2.59. The number of fused-ring (bicyclic) bond motifs is 6. The van der Waals surface area contributed by atoms with Crippen LogP contribution in [-0.2, 0) is 48.5 Å². The molecule has 6 aliphatic carbocycles. The molecule has 0 aliphatic heterocycles. The van der Waals surface area contributed by atoms with Crippen LogP contribution in [0, 0.1) is 17.8 Å².